The van der Waals surface area contributed by atoms with Crippen molar-refractivity contribution >= 4 is 11.9 Å². The molecular weight excluding hydrogens is 406 g/mol. The number of rotatable bonds is 7. The van der Waals surface area contributed by atoms with E-state index < -0.39 is 0 Å². The van der Waals surface area contributed by atoms with Gasteiger partial charge in [0.2, 0.25) is 5.91 Å². The maximum Gasteiger partial charge on any atom is 0.225 e. The lowest BCUT2D eigenvalue weighted by atomic mass is 10.1. The summed E-state index contributed by atoms with van der Waals surface area (Å²) in [5.74, 6) is 3.30. The highest BCUT2D eigenvalue weighted by atomic mass is 16.5. The second kappa shape index (κ2) is 11.2. The fourth-order valence-corrected chi connectivity index (χ4v) is 5.11. The van der Waals surface area contributed by atoms with Crippen molar-refractivity contribution in [3.05, 3.63) is 23.7 Å². The summed E-state index contributed by atoms with van der Waals surface area (Å²) in [5, 5.41) is 6.96. The number of nitrogens with one attached hydrogen (secondary N) is 2. The van der Waals surface area contributed by atoms with Crippen molar-refractivity contribution in [3.8, 4) is 0 Å². The Labute approximate surface area is 191 Å². The number of carbonyl (C=O) groups is 1. The number of amides is 1. The van der Waals surface area contributed by atoms with Crippen LogP contribution >= 0.6 is 0 Å². The molecule has 2 unspecified atom stereocenters. The Morgan fingerprint density at radius 2 is 1.97 bits per heavy atom. The van der Waals surface area contributed by atoms with E-state index in [1.165, 1.54) is 12.8 Å². The Bertz CT molecular complexity index is 767. The third kappa shape index (κ3) is 5.84. The van der Waals surface area contributed by atoms with Gasteiger partial charge in [0.15, 0.2) is 5.96 Å². The molecule has 178 valence electrons. The van der Waals surface area contributed by atoms with Gasteiger partial charge in [0.1, 0.15) is 11.5 Å². The van der Waals surface area contributed by atoms with E-state index in [4.69, 9.17) is 14.1 Å². The van der Waals surface area contributed by atoms with Crippen LogP contribution in [-0.2, 0) is 9.53 Å². The number of carbonyl (C=O) groups excluding carboxylic acids is 1. The topological polar surface area (TPSA) is 82.3 Å². The number of nitrogens with zero attached hydrogens (tertiary/aromatic N) is 3. The summed E-state index contributed by atoms with van der Waals surface area (Å²) in [5.41, 5.74) is 0. The first kappa shape index (κ1) is 23.1. The van der Waals surface area contributed by atoms with Gasteiger partial charge in [-0.15, -0.1) is 0 Å². The van der Waals surface area contributed by atoms with Crippen molar-refractivity contribution in [1.29, 1.82) is 0 Å². The summed E-state index contributed by atoms with van der Waals surface area (Å²) >= 11 is 0. The van der Waals surface area contributed by atoms with Gasteiger partial charge >= 0.3 is 0 Å². The lowest BCUT2D eigenvalue weighted by Gasteiger charge is -2.32. The Balaban J connectivity index is 1.38. The molecule has 2 N–H and O–H groups in total. The largest absolute Gasteiger partial charge is 0.465 e. The van der Waals surface area contributed by atoms with Crippen molar-refractivity contribution in [2.24, 2.45) is 10.9 Å². The van der Waals surface area contributed by atoms with Gasteiger partial charge in [0.25, 0.3) is 0 Å². The third-order valence-corrected chi connectivity index (χ3v) is 6.89. The number of aliphatic imine (C=N–C) groups is 1. The van der Waals surface area contributed by atoms with Gasteiger partial charge in [0.05, 0.1) is 25.8 Å². The summed E-state index contributed by atoms with van der Waals surface area (Å²) in [7, 11) is 0. The lowest BCUT2D eigenvalue weighted by Crippen LogP contribution is -2.46. The van der Waals surface area contributed by atoms with Crippen LogP contribution in [0.15, 0.2) is 21.5 Å². The van der Waals surface area contributed by atoms with Gasteiger partial charge in [-0.25, -0.2) is 0 Å². The SMILES string of the molecule is CCNC(=NCC(c1ccc(C)o1)N1CCOCC1)NC1CCN(C(=O)C2CCCC2)C1. The molecule has 0 bridgehead atoms. The molecule has 3 heterocycles. The first-order valence-electron chi connectivity index (χ1n) is 12.4. The van der Waals surface area contributed by atoms with E-state index in [1.54, 1.807) is 0 Å². The van der Waals surface area contributed by atoms with Crippen molar-refractivity contribution in [2.75, 3.05) is 52.5 Å². The van der Waals surface area contributed by atoms with Gasteiger partial charge in [-0.1, -0.05) is 12.8 Å². The minimum absolute atomic E-state index is 0.0899. The fraction of sp³-hybridized carbons (Fsp3) is 0.750. The Kier molecular flexibility index (Phi) is 8.08. The van der Waals surface area contributed by atoms with Crippen molar-refractivity contribution in [1.82, 2.24) is 20.4 Å². The van der Waals surface area contributed by atoms with Gasteiger partial charge in [-0.3, -0.25) is 14.7 Å². The highest BCUT2D eigenvalue weighted by Gasteiger charge is 2.32. The third-order valence-electron chi connectivity index (χ3n) is 6.89. The minimum Gasteiger partial charge on any atom is -0.465 e. The second-order valence-corrected chi connectivity index (χ2v) is 9.23. The fourth-order valence-electron chi connectivity index (χ4n) is 5.11. The average Bonchev–Trinajstić information content (AvgIpc) is 3.57. The van der Waals surface area contributed by atoms with Crippen molar-refractivity contribution in [3.63, 3.8) is 0 Å². The molecule has 1 saturated carbocycles. The van der Waals surface area contributed by atoms with Crippen molar-refractivity contribution < 1.29 is 13.9 Å². The van der Waals surface area contributed by atoms with Crippen LogP contribution in [0.3, 0.4) is 0 Å². The maximum atomic E-state index is 12.8. The number of guanidine groups is 1. The summed E-state index contributed by atoms with van der Waals surface area (Å²) in [6.45, 7) is 10.3. The minimum atomic E-state index is 0.0899. The molecule has 2 aliphatic heterocycles. The van der Waals surface area contributed by atoms with Crippen LogP contribution in [0.25, 0.3) is 0 Å². The lowest BCUT2D eigenvalue weighted by molar-refractivity contribution is -0.134. The smallest absolute Gasteiger partial charge is 0.225 e. The van der Waals surface area contributed by atoms with Gasteiger partial charge in [-0.05, 0) is 45.2 Å². The molecule has 2 saturated heterocycles. The summed E-state index contributed by atoms with van der Waals surface area (Å²) in [6.07, 6.45) is 5.48. The van der Waals surface area contributed by atoms with E-state index in [1.807, 2.05) is 13.0 Å². The molecule has 1 aromatic rings. The Morgan fingerprint density at radius 1 is 1.19 bits per heavy atom. The predicted octanol–water partition coefficient (Wildman–Crippen LogP) is 2.31. The molecule has 3 fully saturated rings. The molecule has 1 aliphatic carbocycles. The Hall–Kier alpha value is -2.06. The molecule has 8 heteroatoms. The number of aryl methyl sites for hydroxylation is 1. The predicted molar refractivity (Wildman–Crippen MR) is 125 cm³/mol. The highest BCUT2D eigenvalue weighted by molar-refractivity contribution is 5.81. The van der Waals surface area contributed by atoms with E-state index in [0.717, 1.165) is 82.7 Å². The summed E-state index contributed by atoms with van der Waals surface area (Å²) in [4.78, 5) is 22.2. The quantitative estimate of drug-likeness (QED) is 0.495. The molecule has 0 aromatic carbocycles. The molecule has 8 nitrogen and oxygen atoms in total. The molecule has 4 rings (SSSR count). The Morgan fingerprint density at radius 3 is 2.66 bits per heavy atom. The molecule has 1 amide bonds. The zero-order valence-electron chi connectivity index (χ0n) is 19.6. The molecule has 32 heavy (non-hydrogen) atoms. The van der Waals surface area contributed by atoms with Gasteiger partial charge in [-0.2, -0.15) is 0 Å². The van der Waals surface area contributed by atoms with E-state index in [0.29, 0.717) is 12.5 Å². The van der Waals surface area contributed by atoms with Crippen LogP contribution in [-0.4, -0.2) is 80.2 Å². The van der Waals surface area contributed by atoms with Crippen LogP contribution in [0.5, 0.6) is 0 Å². The molecule has 0 spiro atoms. The maximum absolute atomic E-state index is 12.8. The monoisotopic (exact) mass is 445 g/mol. The van der Waals surface area contributed by atoms with E-state index in [-0.39, 0.29) is 18.0 Å². The number of hydrogen-bond donors (Lipinski definition) is 2. The van der Waals surface area contributed by atoms with Crippen LogP contribution in [0.2, 0.25) is 0 Å². The number of morpholine rings is 1. The van der Waals surface area contributed by atoms with Gasteiger partial charge < -0.3 is 24.7 Å². The zero-order chi connectivity index (χ0) is 22.3. The highest BCUT2D eigenvalue weighted by Crippen LogP contribution is 2.28. The van der Waals surface area contributed by atoms with E-state index in [9.17, 15) is 4.79 Å². The standard InChI is InChI=1S/C24H39N5O3/c1-3-25-24(27-20-10-11-29(17-20)23(30)19-6-4-5-7-19)26-16-21(22-9-8-18(2)32-22)28-12-14-31-15-13-28/h8-9,19-21H,3-7,10-17H2,1-2H3,(H2,25,26,27). The van der Waals surface area contributed by atoms with E-state index >= 15 is 0 Å². The van der Waals surface area contributed by atoms with Crippen LogP contribution in [0.4, 0.5) is 0 Å². The molecule has 1 aromatic heterocycles. The number of furan rings is 1. The second-order valence-electron chi connectivity index (χ2n) is 9.23. The first-order valence-corrected chi connectivity index (χ1v) is 12.4. The normalized spacial score (nSPS) is 24.1. The van der Waals surface area contributed by atoms with Crippen molar-refractivity contribution in [2.45, 2.75) is 58.0 Å². The summed E-state index contributed by atoms with van der Waals surface area (Å²) < 4.78 is 11.5. The van der Waals surface area contributed by atoms with E-state index in [2.05, 4.69) is 33.4 Å². The number of likely N-dealkylation sites (tertiary alicyclic amines) is 1. The van der Waals surface area contributed by atoms with Crippen LogP contribution in [0, 0.1) is 12.8 Å². The molecular formula is C24H39N5O3. The summed E-state index contributed by atoms with van der Waals surface area (Å²) in [6, 6.07) is 4.41. The molecule has 2 atom stereocenters. The van der Waals surface area contributed by atoms with Gasteiger partial charge in [0, 0.05) is 44.7 Å². The number of hydrogen-bond acceptors (Lipinski definition) is 5. The molecule has 0 radical (unpaired) electrons. The van der Waals surface area contributed by atoms with Crippen LogP contribution < -0.4 is 10.6 Å². The molecule has 3 aliphatic rings. The zero-order valence-corrected chi connectivity index (χ0v) is 19.6. The average molecular weight is 446 g/mol. The number of ether oxygens (including phenoxy) is 1. The first-order chi connectivity index (χ1) is 15.6. The van der Waals surface area contributed by atoms with Crippen LogP contribution in [0.1, 0.15) is 56.6 Å².